The lowest BCUT2D eigenvalue weighted by Gasteiger charge is -2.26. The summed E-state index contributed by atoms with van der Waals surface area (Å²) >= 11 is 0. The van der Waals surface area contributed by atoms with Gasteiger partial charge in [0.05, 0.1) is 24.2 Å². The molecule has 3 N–H and O–H groups in total. The molecule has 1 aliphatic rings. The van der Waals surface area contributed by atoms with Gasteiger partial charge in [0, 0.05) is 31.9 Å². The highest BCUT2D eigenvalue weighted by atomic mass is 16.5. The summed E-state index contributed by atoms with van der Waals surface area (Å²) in [6.07, 6.45) is 0.956. The van der Waals surface area contributed by atoms with Crippen molar-refractivity contribution in [3.05, 3.63) is 28.7 Å². The molecule has 108 valence electrons. The first-order valence-corrected chi connectivity index (χ1v) is 7.02. The smallest absolute Gasteiger partial charge is 0.326 e. The molecular weight excluding hydrogens is 256 g/mol. The van der Waals surface area contributed by atoms with E-state index in [2.05, 4.69) is 9.88 Å². The number of aromatic amines is 1. The second-order valence-electron chi connectivity index (χ2n) is 5.17. The van der Waals surface area contributed by atoms with E-state index < -0.39 is 0 Å². The van der Waals surface area contributed by atoms with Gasteiger partial charge in [-0.15, -0.1) is 0 Å². The quantitative estimate of drug-likeness (QED) is 0.803. The molecule has 2 aromatic rings. The summed E-state index contributed by atoms with van der Waals surface area (Å²) in [6, 6.07) is 5.53. The minimum absolute atomic E-state index is 0.0624. The number of rotatable bonds is 4. The third-order valence-electron chi connectivity index (χ3n) is 3.76. The Balaban J connectivity index is 1.68. The Bertz CT molecular complexity index is 640. The fourth-order valence-corrected chi connectivity index (χ4v) is 2.68. The fraction of sp³-hybridized carbons (Fsp3) is 0.500. The number of hydrogen-bond donors (Lipinski definition) is 2. The molecule has 1 aromatic carbocycles. The number of aromatic nitrogens is 2. The van der Waals surface area contributed by atoms with Crippen LogP contribution in [-0.4, -0.2) is 47.3 Å². The molecule has 1 saturated heterocycles. The topological polar surface area (TPSA) is 76.3 Å². The number of nitrogens with zero attached hydrogens (tertiary/aromatic N) is 2. The zero-order chi connectivity index (χ0) is 13.9. The molecule has 1 fully saturated rings. The number of morpholine rings is 1. The van der Waals surface area contributed by atoms with Crippen molar-refractivity contribution < 1.29 is 4.74 Å². The molecule has 6 nitrogen and oxygen atoms in total. The zero-order valence-corrected chi connectivity index (χ0v) is 11.5. The van der Waals surface area contributed by atoms with Gasteiger partial charge in [-0.25, -0.2) is 4.79 Å². The van der Waals surface area contributed by atoms with Crippen molar-refractivity contribution in [3.8, 4) is 0 Å². The largest absolute Gasteiger partial charge is 0.399 e. The second-order valence-corrected chi connectivity index (χ2v) is 5.17. The number of aryl methyl sites for hydroxylation is 1. The van der Waals surface area contributed by atoms with Gasteiger partial charge in [-0.05, 0) is 24.6 Å². The molecule has 1 aromatic heterocycles. The van der Waals surface area contributed by atoms with Crippen LogP contribution in [0.4, 0.5) is 5.69 Å². The lowest BCUT2D eigenvalue weighted by atomic mass is 10.2. The van der Waals surface area contributed by atoms with Gasteiger partial charge >= 0.3 is 5.69 Å². The number of nitrogens with two attached hydrogens (primary N) is 1. The van der Waals surface area contributed by atoms with Crippen LogP contribution in [0.3, 0.4) is 0 Å². The third kappa shape index (κ3) is 2.71. The molecule has 20 heavy (non-hydrogen) atoms. The van der Waals surface area contributed by atoms with Gasteiger partial charge in [-0.2, -0.15) is 0 Å². The van der Waals surface area contributed by atoms with Gasteiger partial charge in [0.15, 0.2) is 0 Å². The van der Waals surface area contributed by atoms with E-state index >= 15 is 0 Å². The number of imidazole rings is 1. The number of H-pyrrole nitrogens is 1. The Labute approximate surface area is 117 Å². The first kappa shape index (κ1) is 13.2. The van der Waals surface area contributed by atoms with Gasteiger partial charge in [-0.3, -0.25) is 9.47 Å². The number of benzene rings is 1. The fourth-order valence-electron chi connectivity index (χ4n) is 2.68. The monoisotopic (exact) mass is 276 g/mol. The lowest BCUT2D eigenvalue weighted by Crippen LogP contribution is -2.37. The highest BCUT2D eigenvalue weighted by Crippen LogP contribution is 2.14. The average Bonchev–Trinajstić information content (AvgIpc) is 2.75. The summed E-state index contributed by atoms with van der Waals surface area (Å²) in [5.41, 5.74) is 8.06. The van der Waals surface area contributed by atoms with Crippen molar-refractivity contribution in [1.29, 1.82) is 0 Å². The van der Waals surface area contributed by atoms with E-state index in [1.165, 1.54) is 0 Å². The minimum Gasteiger partial charge on any atom is -0.399 e. The van der Waals surface area contributed by atoms with Crippen molar-refractivity contribution in [3.63, 3.8) is 0 Å². The van der Waals surface area contributed by atoms with Crippen LogP contribution in [0.15, 0.2) is 23.0 Å². The lowest BCUT2D eigenvalue weighted by molar-refractivity contribution is 0.0369. The van der Waals surface area contributed by atoms with Crippen LogP contribution in [0, 0.1) is 0 Å². The van der Waals surface area contributed by atoms with E-state index in [9.17, 15) is 4.79 Å². The Morgan fingerprint density at radius 2 is 2.05 bits per heavy atom. The molecular formula is C14H20N4O2. The zero-order valence-electron chi connectivity index (χ0n) is 11.5. The molecule has 0 radical (unpaired) electrons. The maximum Gasteiger partial charge on any atom is 0.326 e. The van der Waals surface area contributed by atoms with Crippen LogP contribution < -0.4 is 11.4 Å². The molecule has 0 unspecified atom stereocenters. The van der Waals surface area contributed by atoms with Gasteiger partial charge < -0.3 is 15.5 Å². The Morgan fingerprint density at radius 1 is 1.25 bits per heavy atom. The molecule has 1 aliphatic heterocycles. The summed E-state index contributed by atoms with van der Waals surface area (Å²) in [4.78, 5) is 17.2. The van der Waals surface area contributed by atoms with Gasteiger partial charge in [0.1, 0.15) is 0 Å². The molecule has 0 atom stereocenters. The van der Waals surface area contributed by atoms with Crippen LogP contribution in [0.1, 0.15) is 6.42 Å². The molecule has 0 saturated carbocycles. The number of nitrogens with one attached hydrogen (secondary N) is 1. The van der Waals surface area contributed by atoms with Crippen molar-refractivity contribution in [2.75, 3.05) is 38.6 Å². The Kier molecular flexibility index (Phi) is 3.75. The number of nitrogen functional groups attached to an aromatic ring is 1. The van der Waals surface area contributed by atoms with Crippen LogP contribution in [0.5, 0.6) is 0 Å². The maximum atomic E-state index is 12.0. The molecule has 0 bridgehead atoms. The molecule has 3 rings (SSSR count). The highest BCUT2D eigenvalue weighted by molar-refractivity contribution is 5.78. The summed E-state index contributed by atoms with van der Waals surface area (Å²) in [6.45, 7) is 5.31. The van der Waals surface area contributed by atoms with Gasteiger partial charge in [0.25, 0.3) is 0 Å². The van der Waals surface area contributed by atoms with E-state index in [4.69, 9.17) is 10.5 Å². The number of hydrogen-bond acceptors (Lipinski definition) is 4. The third-order valence-corrected chi connectivity index (χ3v) is 3.76. The van der Waals surface area contributed by atoms with Crippen molar-refractivity contribution in [2.24, 2.45) is 0 Å². The summed E-state index contributed by atoms with van der Waals surface area (Å²) < 4.78 is 7.11. The molecule has 0 spiro atoms. The van der Waals surface area contributed by atoms with Gasteiger partial charge in [0.2, 0.25) is 0 Å². The first-order chi connectivity index (χ1) is 9.74. The first-order valence-electron chi connectivity index (χ1n) is 7.02. The maximum absolute atomic E-state index is 12.0. The SMILES string of the molecule is Nc1ccc2c(c1)[nH]c(=O)n2CCCN1CCOCC1. The van der Waals surface area contributed by atoms with Crippen molar-refractivity contribution in [2.45, 2.75) is 13.0 Å². The highest BCUT2D eigenvalue weighted by Gasteiger charge is 2.11. The van der Waals surface area contributed by atoms with E-state index in [1.54, 1.807) is 10.6 Å². The molecule has 0 aliphatic carbocycles. The Hall–Kier alpha value is -1.79. The number of fused-ring (bicyclic) bond motifs is 1. The average molecular weight is 276 g/mol. The minimum atomic E-state index is -0.0624. The molecule has 0 amide bonds. The van der Waals surface area contributed by atoms with Gasteiger partial charge in [-0.1, -0.05) is 0 Å². The van der Waals surface area contributed by atoms with E-state index in [-0.39, 0.29) is 5.69 Å². The second kappa shape index (κ2) is 5.68. The molecule has 6 heteroatoms. The number of anilines is 1. The summed E-state index contributed by atoms with van der Waals surface area (Å²) in [7, 11) is 0. The van der Waals surface area contributed by atoms with Crippen LogP contribution >= 0.6 is 0 Å². The van der Waals surface area contributed by atoms with Crippen molar-refractivity contribution >= 4 is 16.7 Å². The summed E-state index contributed by atoms with van der Waals surface area (Å²) in [5.74, 6) is 0. The predicted molar refractivity (Wildman–Crippen MR) is 78.8 cm³/mol. The van der Waals surface area contributed by atoms with E-state index in [0.717, 1.165) is 56.8 Å². The molecule has 2 heterocycles. The van der Waals surface area contributed by atoms with Crippen LogP contribution in [-0.2, 0) is 11.3 Å². The van der Waals surface area contributed by atoms with E-state index in [0.29, 0.717) is 5.69 Å². The number of ether oxygens (including phenoxy) is 1. The van der Waals surface area contributed by atoms with Crippen molar-refractivity contribution in [1.82, 2.24) is 14.5 Å². The van der Waals surface area contributed by atoms with Crippen LogP contribution in [0.25, 0.3) is 11.0 Å². The van der Waals surface area contributed by atoms with Crippen LogP contribution in [0.2, 0.25) is 0 Å². The van der Waals surface area contributed by atoms with E-state index in [1.807, 2.05) is 12.1 Å². The standard InChI is InChI=1S/C14H20N4O2/c15-11-2-3-13-12(10-11)16-14(19)18(13)5-1-4-17-6-8-20-9-7-17/h2-3,10H,1,4-9,15H2,(H,16,19). The normalized spacial score (nSPS) is 16.8. The predicted octanol–water partition coefficient (Wildman–Crippen LogP) is 0.634. The summed E-state index contributed by atoms with van der Waals surface area (Å²) in [5, 5.41) is 0. The Morgan fingerprint density at radius 3 is 2.85 bits per heavy atom.